The van der Waals surface area contributed by atoms with Crippen LogP contribution in [0.25, 0.3) is 0 Å². The van der Waals surface area contributed by atoms with Gasteiger partial charge in [-0.05, 0) is 56.8 Å². The second kappa shape index (κ2) is 6.28. The van der Waals surface area contributed by atoms with Crippen LogP contribution in [-0.4, -0.2) is 24.5 Å². The Kier molecular flexibility index (Phi) is 5.39. The van der Waals surface area contributed by atoms with Crippen molar-refractivity contribution in [1.29, 1.82) is 0 Å². The normalized spacial score (nSPS) is 15.5. The fraction of sp³-hybridized carbons (Fsp3) is 0.667. The standard InChI is InChI=1S/C18H32N2/c1-12-9-13(2)17(14(3)10-12)16(19)11-20(8)15(4)18(5,6)7/h9-10,15-16H,11,19H2,1-8H3. The van der Waals surface area contributed by atoms with Crippen LogP contribution in [0.15, 0.2) is 12.1 Å². The van der Waals surface area contributed by atoms with Gasteiger partial charge in [-0.15, -0.1) is 0 Å². The van der Waals surface area contributed by atoms with Gasteiger partial charge in [0, 0.05) is 18.6 Å². The van der Waals surface area contributed by atoms with Crippen molar-refractivity contribution in [3.63, 3.8) is 0 Å². The van der Waals surface area contributed by atoms with E-state index in [2.05, 4.69) is 72.5 Å². The molecular formula is C18H32N2. The summed E-state index contributed by atoms with van der Waals surface area (Å²) in [5.74, 6) is 0. The van der Waals surface area contributed by atoms with Crippen LogP contribution in [0.2, 0.25) is 0 Å². The number of rotatable bonds is 4. The maximum atomic E-state index is 6.49. The van der Waals surface area contributed by atoms with Crippen LogP contribution in [-0.2, 0) is 0 Å². The molecule has 0 amide bonds. The first kappa shape index (κ1) is 17.2. The van der Waals surface area contributed by atoms with E-state index in [1.54, 1.807) is 0 Å². The van der Waals surface area contributed by atoms with Crippen LogP contribution < -0.4 is 5.73 Å². The zero-order chi connectivity index (χ0) is 15.7. The lowest BCUT2D eigenvalue weighted by Crippen LogP contribution is -2.42. The molecule has 0 radical (unpaired) electrons. The minimum atomic E-state index is 0.0744. The molecule has 0 fully saturated rings. The summed E-state index contributed by atoms with van der Waals surface area (Å²) in [5.41, 5.74) is 12.0. The molecule has 2 unspecified atom stereocenters. The molecule has 2 atom stereocenters. The van der Waals surface area contributed by atoms with Crippen LogP contribution in [0, 0.1) is 26.2 Å². The number of hydrogen-bond acceptors (Lipinski definition) is 2. The Morgan fingerprint density at radius 3 is 1.95 bits per heavy atom. The molecule has 0 saturated carbocycles. The van der Waals surface area contributed by atoms with E-state index in [9.17, 15) is 0 Å². The number of nitrogens with zero attached hydrogens (tertiary/aromatic N) is 1. The summed E-state index contributed by atoms with van der Waals surface area (Å²) < 4.78 is 0. The Morgan fingerprint density at radius 2 is 1.55 bits per heavy atom. The molecule has 2 nitrogen and oxygen atoms in total. The molecule has 2 heteroatoms. The maximum absolute atomic E-state index is 6.49. The third-order valence-corrected chi connectivity index (χ3v) is 4.51. The summed E-state index contributed by atoms with van der Waals surface area (Å²) in [7, 11) is 2.18. The Hall–Kier alpha value is -0.860. The van der Waals surface area contributed by atoms with Gasteiger partial charge < -0.3 is 10.6 Å². The molecule has 0 aliphatic carbocycles. The summed E-state index contributed by atoms with van der Waals surface area (Å²) in [4.78, 5) is 2.38. The van der Waals surface area contributed by atoms with Crippen LogP contribution >= 0.6 is 0 Å². The molecule has 2 N–H and O–H groups in total. The number of aryl methyl sites for hydroxylation is 3. The van der Waals surface area contributed by atoms with Gasteiger partial charge in [0.1, 0.15) is 0 Å². The Labute approximate surface area is 125 Å². The lowest BCUT2D eigenvalue weighted by Gasteiger charge is -2.37. The summed E-state index contributed by atoms with van der Waals surface area (Å²) >= 11 is 0. The zero-order valence-corrected chi connectivity index (χ0v) is 14.5. The molecule has 0 aromatic heterocycles. The highest BCUT2D eigenvalue weighted by molar-refractivity contribution is 5.39. The van der Waals surface area contributed by atoms with Crippen molar-refractivity contribution in [2.45, 2.75) is 60.5 Å². The molecule has 0 heterocycles. The predicted molar refractivity (Wildman–Crippen MR) is 89.1 cm³/mol. The number of hydrogen-bond donors (Lipinski definition) is 1. The van der Waals surface area contributed by atoms with E-state index in [0.717, 1.165) is 6.54 Å². The van der Waals surface area contributed by atoms with E-state index in [1.165, 1.54) is 22.3 Å². The van der Waals surface area contributed by atoms with Crippen molar-refractivity contribution in [2.24, 2.45) is 11.1 Å². The number of nitrogens with two attached hydrogens (primary N) is 1. The molecule has 0 bridgehead atoms. The van der Waals surface area contributed by atoms with Crippen molar-refractivity contribution in [3.05, 3.63) is 34.4 Å². The van der Waals surface area contributed by atoms with E-state index in [1.807, 2.05) is 0 Å². The molecule has 1 aromatic rings. The summed E-state index contributed by atoms with van der Waals surface area (Å²) in [6.45, 7) is 16.5. The quantitative estimate of drug-likeness (QED) is 0.901. The summed E-state index contributed by atoms with van der Waals surface area (Å²) in [6, 6.07) is 5.04. The van der Waals surface area contributed by atoms with Gasteiger partial charge in [0.15, 0.2) is 0 Å². The Bertz CT molecular complexity index is 434. The fourth-order valence-electron chi connectivity index (χ4n) is 3.00. The van der Waals surface area contributed by atoms with E-state index < -0.39 is 0 Å². The summed E-state index contributed by atoms with van der Waals surface area (Å²) in [5, 5.41) is 0. The van der Waals surface area contributed by atoms with E-state index in [0.29, 0.717) is 6.04 Å². The third kappa shape index (κ3) is 4.07. The highest BCUT2D eigenvalue weighted by Crippen LogP contribution is 2.26. The van der Waals surface area contributed by atoms with Gasteiger partial charge in [0.2, 0.25) is 0 Å². The average Bonchev–Trinajstić information content (AvgIpc) is 2.24. The highest BCUT2D eigenvalue weighted by Gasteiger charge is 2.25. The van der Waals surface area contributed by atoms with Gasteiger partial charge in [0.25, 0.3) is 0 Å². The number of benzene rings is 1. The average molecular weight is 276 g/mol. The lowest BCUT2D eigenvalue weighted by atomic mass is 9.86. The van der Waals surface area contributed by atoms with Crippen LogP contribution in [0.1, 0.15) is 56.0 Å². The van der Waals surface area contributed by atoms with Gasteiger partial charge in [0.05, 0.1) is 0 Å². The fourth-order valence-corrected chi connectivity index (χ4v) is 3.00. The van der Waals surface area contributed by atoms with Gasteiger partial charge in [-0.3, -0.25) is 0 Å². The van der Waals surface area contributed by atoms with E-state index >= 15 is 0 Å². The third-order valence-electron chi connectivity index (χ3n) is 4.51. The first-order valence-corrected chi connectivity index (χ1v) is 7.57. The lowest BCUT2D eigenvalue weighted by molar-refractivity contribution is 0.134. The minimum Gasteiger partial charge on any atom is -0.323 e. The first-order valence-electron chi connectivity index (χ1n) is 7.57. The van der Waals surface area contributed by atoms with Gasteiger partial charge in [-0.2, -0.15) is 0 Å². The molecule has 0 aliphatic heterocycles. The molecular weight excluding hydrogens is 244 g/mol. The molecule has 114 valence electrons. The zero-order valence-electron chi connectivity index (χ0n) is 14.5. The second-order valence-corrected chi connectivity index (χ2v) is 7.40. The van der Waals surface area contributed by atoms with Gasteiger partial charge in [-0.1, -0.05) is 38.5 Å². The SMILES string of the molecule is Cc1cc(C)c(C(N)CN(C)C(C)C(C)(C)C)c(C)c1. The largest absolute Gasteiger partial charge is 0.323 e. The topological polar surface area (TPSA) is 29.3 Å². The van der Waals surface area contributed by atoms with Crippen molar-refractivity contribution in [1.82, 2.24) is 4.90 Å². The molecule has 20 heavy (non-hydrogen) atoms. The smallest absolute Gasteiger partial charge is 0.0429 e. The van der Waals surface area contributed by atoms with Crippen LogP contribution in [0.3, 0.4) is 0 Å². The van der Waals surface area contributed by atoms with Crippen molar-refractivity contribution < 1.29 is 0 Å². The molecule has 1 rings (SSSR count). The van der Waals surface area contributed by atoms with Gasteiger partial charge in [-0.25, -0.2) is 0 Å². The van der Waals surface area contributed by atoms with Gasteiger partial charge >= 0.3 is 0 Å². The Balaban J connectivity index is 2.90. The van der Waals surface area contributed by atoms with E-state index in [4.69, 9.17) is 5.73 Å². The van der Waals surface area contributed by atoms with Crippen LogP contribution in [0.4, 0.5) is 0 Å². The molecule has 1 aromatic carbocycles. The molecule has 0 spiro atoms. The minimum absolute atomic E-state index is 0.0744. The molecule has 0 aliphatic rings. The molecule has 0 saturated heterocycles. The first-order chi connectivity index (χ1) is 9.04. The van der Waals surface area contributed by atoms with Crippen molar-refractivity contribution in [2.75, 3.05) is 13.6 Å². The van der Waals surface area contributed by atoms with E-state index in [-0.39, 0.29) is 11.5 Å². The second-order valence-electron chi connectivity index (χ2n) is 7.40. The predicted octanol–water partition coefficient (Wildman–Crippen LogP) is 3.98. The van der Waals surface area contributed by atoms with Crippen molar-refractivity contribution in [3.8, 4) is 0 Å². The highest BCUT2D eigenvalue weighted by atomic mass is 15.1. The summed E-state index contributed by atoms with van der Waals surface area (Å²) in [6.07, 6.45) is 0. The maximum Gasteiger partial charge on any atom is 0.0429 e. The Morgan fingerprint density at radius 1 is 1.10 bits per heavy atom. The monoisotopic (exact) mass is 276 g/mol. The van der Waals surface area contributed by atoms with Crippen molar-refractivity contribution >= 4 is 0 Å². The van der Waals surface area contributed by atoms with Crippen LogP contribution in [0.5, 0.6) is 0 Å². The number of likely N-dealkylation sites (N-methyl/N-ethyl adjacent to an activating group) is 1.